The standard InChI is InChI=1S/C14H15NO3/c1-3-18-14(17)10(2)13(16)8-11-4-6-12(9-15)7-5-11/h4-7,10H,3,8H2,1-2H3/t10-/m0/s1. The number of benzene rings is 1. The van der Waals surface area contributed by atoms with Crippen LogP contribution in [0.3, 0.4) is 0 Å². The van der Waals surface area contributed by atoms with E-state index in [-0.39, 0.29) is 18.8 Å². The van der Waals surface area contributed by atoms with Crippen LogP contribution in [0.5, 0.6) is 0 Å². The van der Waals surface area contributed by atoms with Gasteiger partial charge in [0.15, 0.2) is 5.78 Å². The molecule has 0 heterocycles. The van der Waals surface area contributed by atoms with Gasteiger partial charge in [0.05, 0.1) is 18.2 Å². The van der Waals surface area contributed by atoms with Crippen molar-refractivity contribution in [3.05, 3.63) is 35.4 Å². The molecular weight excluding hydrogens is 230 g/mol. The van der Waals surface area contributed by atoms with Gasteiger partial charge in [-0.05, 0) is 31.5 Å². The minimum atomic E-state index is -0.749. The van der Waals surface area contributed by atoms with Crippen LogP contribution in [0.4, 0.5) is 0 Å². The van der Waals surface area contributed by atoms with Crippen molar-refractivity contribution in [2.75, 3.05) is 6.61 Å². The van der Waals surface area contributed by atoms with Gasteiger partial charge in [-0.1, -0.05) is 12.1 Å². The summed E-state index contributed by atoms with van der Waals surface area (Å²) >= 11 is 0. The maximum absolute atomic E-state index is 11.8. The van der Waals surface area contributed by atoms with E-state index < -0.39 is 11.9 Å². The number of ether oxygens (including phenoxy) is 1. The summed E-state index contributed by atoms with van der Waals surface area (Å²) in [7, 11) is 0. The summed E-state index contributed by atoms with van der Waals surface area (Å²) in [5.41, 5.74) is 1.33. The molecule has 1 rings (SSSR count). The zero-order valence-electron chi connectivity index (χ0n) is 10.5. The fraction of sp³-hybridized carbons (Fsp3) is 0.357. The van der Waals surface area contributed by atoms with Crippen LogP contribution in [-0.4, -0.2) is 18.4 Å². The fourth-order valence-electron chi connectivity index (χ4n) is 1.45. The third-order valence-corrected chi connectivity index (χ3v) is 2.58. The Bertz CT molecular complexity index is 471. The van der Waals surface area contributed by atoms with E-state index in [2.05, 4.69) is 0 Å². The average molecular weight is 245 g/mol. The molecule has 0 radical (unpaired) electrons. The van der Waals surface area contributed by atoms with E-state index in [1.807, 2.05) is 6.07 Å². The van der Waals surface area contributed by atoms with Crippen LogP contribution in [-0.2, 0) is 20.7 Å². The first kappa shape index (κ1) is 13.9. The number of hydrogen-bond acceptors (Lipinski definition) is 4. The van der Waals surface area contributed by atoms with Crippen LogP contribution in [0.15, 0.2) is 24.3 Å². The van der Waals surface area contributed by atoms with Crippen molar-refractivity contribution < 1.29 is 14.3 Å². The highest BCUT2D eigenvalue weighted by Crippen LogP contribution is 2.09. The van der Waals surface area contributed by atoms with E-state index in [4.69, 9.17) is 10.00 Å². The molecule has 0 fully saturated rings. The highest BCUT2D eigenvalue weighted by Gasteiger charge is 2.22. The molecule has 1 aromatic rings. The maximum atomic E-state index is 11.8. The van der Waals surface area contributed by atoms with Crippen LogP contribution in [0.25, 0.3) is 0 Å². The lowest BCUT2D eigenvalue weighted by atomic mass is 9.99. The van der Waals surface area contributed by atoms with Crippen molar-refractivity contribution in [1.29, 1.82) is 5.26 Å². The molecule has 0 saturated heterocycles. The number of hydrogen-bond donors (Lipinski definition) is 0. The van der Waals surface area contributed by atoms with Gasteiger partial charge in [0.25, 0.3) is 0 Å². The van der Waals surface area contributed by atoms with Gasteiger partial charge in [-0.15, -0.1) is 0 Å². The van der Waals surface area contributed by atoms with Gasteiger partial charge in [-0.25, -0.2) is 0 Å². The first-order valence-corrected chi connectivity index (χ1v) is 5.76. The topological polar surface area (TPSA) is 67.2 Å². The highest BCUT2D eigenvalue weighted by molar-refractivity contribution is 5.99. The molecule has 94 valence electrons. The Balaban J connectivity index is 2.64. The number of carbonyl (C=O) groups is 2. The van der Waals surface area contributed by atoms with Gasteiger partial charge >= 0.3 is 5.97 Å². The first-order valence-electron chi connectivity index (χ1n) is 5.76. The minimum Gasteiger partial charge on any atom is -0.465 e. The predicted molar refractivity (Wildman–Crippen MR) is 65.7 cm³/mol. The summed E-state index contributed by atoms with van der Waals surface area (Å²) in [5, 5.41) is 8.65. The molecule has 0 aliphatic carbocycles. The molecule has 0 unspecified atom stereocenters. The molecule has 0 spiro atoms. The van der Waals surface area contributed by atoms with Crippen molar-refractivity contribution in [3.63, 3.8) is 0 Å². The SMILES string of the molecule is CCOC(=O)[C@@H](C)C(=O)Cc1ccc(C#N)cc1. The van der Waals surface area contributed by atoms with Crippen LogP contribution >= 0.6 is 0 Å². The van der Waals surface area contributed by atoms with Crippen molar-refractivity contribution in [3.8, 4) is 6.07 Å². The zero-order chi connectivity index (χ0) is 13.5. The third kappa shape index (κ3) is 3.70. The van der Waals surface area contributed by atoms with E-state index in [0.717, 1.165) is 5.56 Å². The van der Waals surface area contributed by atoms with Crippen molar-refractivity contribution >= 4 is 11.8 Å². The van der Waals surface area contributed by atoms with Crippen LogP contribution in [0.1, 0.15) is 25.0 Å². The second kappa shape index (κ2) is 6.55. The van der Waals surface area contributed by atoms with Crippen molar-refractivity contribution in [2.45, 2.75) is 20.3 Å². The van der Waals surface area contributed by atoms with E-state index in [9.17, 15) is 9.59 Å². The number of esters is 1. The third-order valence-electron chi connectivity index (χ3n) is 2.58. The van der Waals surface area contributed by atoms with E-state index >= 15 is 0 Å². The Kier molecular flexibility index (Phi) is 5.06. The second-order valence-corrected chi connectivity index (χ2v) is 3.93. The van der Waals surface area contributed by atoms with Crippen LogP contribution in [0.2, 0.25) is 0 Å². The van der Waals surface area contributed by atoms with Gasteiger partial charge in [0.2, 0.25) is 0 Å². The summed E-state index contributed by atoms with van der Waals surface area (Å²) in [4.78, 5) is 23.2. The van der Waals surface area contributed by atoms with E-state index in [1.165, 1.54) is 0 Å². The molecule has 4 heteroatoms. The molecule has 0 N–H and O–H groups in total. The number of rotatable bonds is 5. The zero-order valence-corrected chi connectivity index (χ0v) is 10.5. The van der Waals surface area contributed by atoms with Gasteiger partial charge < -0.3 is 4.74 Å². The molecule has 4 nitrogen and oxygen atoms in total. The van der Waals surface area contributed by atoms with Gasteiger partial charge in [0.1, 0.15) is 5.92 Å². The Labute approximate surface area is 106 Å². The number of nitriles is 1. The monoisotopic (exact) mass is 245 g/mol. The number of Topliss-reactive ketones (excluding diaryl/α,β-unsaturated/α-hetero) is 1. The molecule has 0 bridgehead atoms. The van der Waals surface area contributed by atoms with Crippen LogP contribution < -0.4 is 0 Å². The molecule has 0 aliphatic heterocycles. The lowest BCUT2D eigenvalue weighted by Crippen LogP contribution is -2.24. The summed E-state index contributed by atoms with van der Waals surface area (Å²) in [6.45, 7) is 3.52. The van der Waals surface area contributed by atoms with Crippen molar-refractivity contribution in [2.24, 2.45) is 5.92 Å². The summed E-state index contributed by atoms with van der Waals surface area (Å²) in [6.07, 6.45) is 0.172. The molecule has 1 aromatic carbocycles. The lowest BCUT2D eigenvalue weighted by Gasteiger charge is -2.09. The molecule has 0 saturated carbocycles. The van der Waals surface area contributed by atoms with Crippen LogP contribution in [0, 0.1) is 17.2 Å². The average Bonchev–Trinajstić information content (AvgIpc) is 2.39. The molecule has 0 aliphatic rings. The molecule has 0 amide bonds. The lowest BCUT2D eigenvalue weighted by molar-refractivity contribution is -0.150. The predicted octanol–water partition coefficient (Wildman–Crippen LogP) is 1.87. The summed E-state index contributed by atoms with van der Waals surface area (Å²) in [5.74, 6) is -1.42. The highest BCUT2D eigenvalue weighted by atomic mass is 16.5. The van der Waals surface area contributed by atoms with E-state index in [0.29, 0.717) is 5.56 Å². The molecule has 18 heavy (non-hydrogen) atoms. The normalized spacial score (nSPS) is 11.4. The number of carbonyl (C=O) groups excluding carboxylic acids is 2. The Hall–Kier alpha value is -2.15. The van der Waals surface area contributed by atoms with E-state index in [1.54, 1.807) is 38.1 Å². The minimum absolute atomic E-state index is 0.172. The number of nitrogens with zero attached hydrogens (tertiary/aromatic N) is 1. The van der Waals surface area contributed by atoms with Gasteiger partial charge in [0, 0.05) is 6.42 Å². The summed E-state index contributed by atoms with van der Waals surface area (Å²) < 4.78 is 4.80. The van der Waals surface area contributed by atoms with Gasteiger partial charge in [-0.2, -0.15) is 5.26 Å². The Morgan fingerprint density at radius 1 is 1.33 bits per heavy atom. The quantitative estimate of drug-likeness (QED) is 0.586. The van der Waals surface area contributed by atoms with Gasteiger partial charge in [-0.3, -0.25) is 9.59 Å². The Morgan fingerprint density at radius 3 is 2.44 bits per heavy atom. The number of ketones is 1. The summed E-state index contributed by atoms with van der Waals surface area (Å²) in [6, 6.07) is 8.74. The first-order chi connectivity index (χ1) is 8.58. The molecule has 1 atom stereocenters. The molecule has 0 aromatic heterocycles. The smallest absolute Gasteiger partial charge is 0.316 e. The fourth-order valence-corrected chi connectivity index (χ4v) is 1.45. The molecular formula is C14H15NO3. The Morgan fingerprint density at radius 2 is 1.94 bits per heavy atom. The maximum Gasteiger partial charge on any atom is 0.316 e. The second-order valence-electron chi connectivity index (χ2n) is 3.93. The largest absolute Gasteiger partial charge is 0.465 e. The van der Waals surface area contributed by atoms with Crippen molar-refractivity contribution in [1.82, 2.24) is 0 Å².